The Labute approximate surface area is 222 Å². The van der Waals surface area contributed by atoms with E-state index in [4.69, 9.17) is 0 Å². The Balaban J connectivity index is 1.24. The average molecular weight is 538 g/mol. The molecule has 0 spiro atoms. The van der Waals surface area contributed by atoms with Gasteiger partial charge in [-0.25, -0.2) is 0 Å². The first-order chi connectivity index (χ1) is 18.5. The van der Waals surface area contributed by atoms with E-state index in [-0.39, 0.29) is 24.7 Å². The molecule has 3 aliphatic heterocycles. The number of anilines is 1. The number of rotatable bonds is 4. The van der Waals surface area contributed by atoms with Crippen LogP contribution in [0.15, 0.2) is 54.6 Å². The van der Waals surface area contributed by atoms with Gasteiger partial charge in [0, 0.05) is 37.0 Å². The van der Waals surface area contributed by atoms with Crippen LogP contribution >= 0.6 is 0 Å². The average Bonchev–Trinajstić information content (AvgIpc) is 3.18. The van der Waals surface area contributed by atoms with E-state index in [0.717, 1.165) is 23.1 Å². The van der Waals surface area contributed by atoms with Crippen LogP contribution in [0, 0.1) is 0 Å². The fraction of sp³-hybridized carbons (Fsp3) is 0.345. The first kappa shape index (κ1) is 25.5. The maximum absolute atomic E-state index is 13.4. The van der Waals surface area contributed by atoms with Gasteiger partial charge in [-0.15, -0.1) is 0 Å². The Hall–Kier alpha value is -3.76. The molecule has 0 radical (unpaired) electrons. The van der Waals surface area contributed by atoms with Crippen molar-refractivity contribution < 1.29 is 32.7 Å². The second-order valence-electron chi connectivity index (χ2n) is 10.5. The van der Waals surface area contributed by atoms with Crippen LogP contribution in [-0.4, -0.2) is 46.9 Å². The number of alkyl halides is 3. The molecule has 1 atom stereocenters. The van der Waals surface area contributed by atoms with Crippen molar-refractivity contribution in [1.82, 2.24) is 10.2 Å². The predicted molar refractivity (Wildman–Crippen MR) is 137 cm³/mol. The summed E-state index contributed by atoms with van der Waals surface area (Å²) in [5.74, 6) is -1.16. The number of nitrogens with zero attached hydrogens (tertiary/aromatic N) is 2. The van der Waals surface area contributed by atoms with Crippen LogP contribution in [-0.2, 0) is 27.9 Å². The van der Waals surface area contributed by atoms with E-state index < -0.39 is 29.3 Å². The smallest absolute Gasteiger partial charge is 0.385 e. The van der Waals surface area contributed by atoms with Crippen molar-refractivity contribution in [2.75, 3.05) is 18.0 Å². The molecule has 2 N–H and O–H groups in total. The topological polar surface area (TPSA) is 90.0 Å². The summed E-state index contributed by atoms with van der Waals surface area (Å²) in [7, 11) is 0. The number of nitrogens with one attached hydrogen (secondary N) is 1. The van der Waals surface area contributed by atoms with E-state index in [2.05, 4.69) is 10.2 Å². The number of halogens is 3. The second kappa shape index (κ2) is 9.17. The van der Waals surface area contributed by atoms with E-state index in [1.807, 2.05) is 6.07 Å². The zero-order valence-corrected chi connectivity index (χ0v) is 20.9. The Morgan fingerprint density at radius 2 is 1.69 bits per heavy atom. The molecule has 3 heterocycles. The molecule has 6 rings (SSSR count). The lowest BCUT2D eigenvalue weighted by Crippen LogP contribution is -2.53. The quantitative estimate of drug-likeness (QED) is 0.489. The Morgan fingerprint density at radius 3 is 2.36 bits per heavy atom. The van der Waals surface area contributed by atoms with Crippen LogP contribution < -0.4 is 10.2 Å². The fourth-order valence-corrected chi connectivity index (χ4v) is 6.06. The highest BCUT2D eigenvalue weighted by molar-refractivity contribution is 6.27. The molecule has 202 valence electrons. The second-order valence-corrected chi connectivity index (χ2v) is 10.5. The lowest BCUT2D eigenvalue weighted by molar-refractivity contribution is -0.137. The van der Waals surface area contributed by atoms with Gasteiger partial charge < -0.3 is 5.11 Å². The van der Waals surface area contributed by atoms with Gasteiger partial charge in [0.25, 0.3) is 5.91 Å². The summed E-state index contributed by atoms with van der Waals surface area (Å²) in [6, 6.07) is 13.3. The summed E-state index contributed by atoms with van der Waals surface area (Å²) in [5, 5.41) is 15.5. The van der Waals surface area contributed by atoms with Crippen molar-refractivity contribution in [2.45, 2.75) is 50.0 Å². The minimum atomic E-state index is -4.37. The lowest BCUT2D eigenvalue weighted by atomic mass is 9.81. The highest BCUT2D eigenvalue weighted by Gasteiger charge is 2.43. The summed E-state index contributed by atoms with van der Waals surface area (Å²) in [6.07, 6.45) is -3.15. The molecule has 2 fully saturated rings. The lowest BCUT2D eigenvalue weighted by Gasteiger charge is -2.39. The Bertz CT molecular complexity index is 1490. The maximum atomic E-state index is 13.4. The highest BCUT2D eigenvalue weighted by atomic mass is 19.4. The molecule has 2 saturated heterocycles. The molecule has 7 nitrogen and oxygen atoms in total. The largest absolute Gasteiger partial charge is 0.416 e. The van der Waals surface area contributed by atoms with E-state index in [0.29, 0.717) is 54.7 Å². The van der Waals surface area contributed by atoms with Gasteiger partial charge in [0.2, 0.25) is 11.8 Å². The summed E-state index contributed by atoms with van der Waals surface area (Å²) < 4.78 is 38.6. The molecule has 10 heteroatoms. The number of amides is 3. The van der Waals surface area contributed by atoms with Gasteiger partial charge in [-0.2, -0.15) is 13.2 Å². The SMILES string of the molecule is O=C1CCC(N2C(=O)c3ccc(C4(O)CCN(Cc5ccc(C(F)(F)F)cc5)CC4)c4cccc2c34)C(=O)N1. The van der Waals surface area contributed by atoms with Crippen molar-refractivity contribution >= 4 is 34.2 Å². The minimum absolute atomic E-state index is 0.153. The Kier molecular flexibility index (Phi) is 6.00. The van der Waals surface area contributed by atoms with Crippen LogP contribution in [0.1, 0.15) is 52.7 Å². The standard InChI is InChI=1S/C29H26F3N3O4/c30-29(31,32)18-6-4-17(5-7-18)16-34-14-12-28(39,13-15-34)21-9-8-20-25-19(21)2-1-3-22(25)35(27(20)38)23-10-11-24(36)33-26(23)37/h1-9,23,39H,10-16H2,(H,33,36,37). The fourth-order valence-electron chi connectivity index (χ4n) is 6.06. The first-order valence-electron chi connectivity index (χ1n) is 12.9. The van der Waals surface area contributed by atoms with Gasteiger partial charge >= 0.3 is 6.18 Å². The molecular weight excluding hydrogens is 511 g/mol. The van der Waals surface area contributed by atoms with Gasteiger partial charge in [0.05, 0.1) is 16.9 Å². The predicted octanol–water partition coefficient (Wildman–Crippen LogP) is 4.11. The summed E-state index contributed by atoms with van der Waals surface area (Å²) in [6.45, 7) is 1.57. The number of likely N-dealkylation sites (tertiary alicyclic amines) is 1. The molecule has 3 aliphatic rings. The monoisotopic (exact) mass is 537 g/mol. The molecule has 3 amide bonds. The van der Waals surface area contributed by atoms with Crippen LogP contribution in [0.2, 0.25) is 0 Å². The molecule has 39 heavy (non-hydrogen) atoms. The summed E-state index contributed by atoms with van der Waals surface area (Å²) >= 11 is 0. The highest BCUT2D eigenvalue weighted by Crippen LogP contribution is 2.45. The Morgan fingerprint density at radius 1 is 0.974 bits per heavy atom. The number of piperidine rings is 2. The van der Waals surface area contributed by atoms with Crippen molar-refractivity contribution in [1.29, 1.82) is 0 Å². The number of carbonyl (C=O) groups excluding carboxylic acids is 3. The summed E-state index contributed by atoms with van der Waals surface area (Å²) in [5.41, 5.74) is 0.686. The van der Waals surface area contributed by atoms with Crippen LogP contribution in [0.25, 0.3) is 10.8 Å². The van der Waals surface area contributed by atoms with Crippen molar-refractivity contribution in [3.8, 4) is 0 Å². The van der Waals surface area contributed by atoms with Gasteiger partial charge in [-0.05, 0) is 60.0 Å². The molecule has 0 aromatic heterocycles. The first-order valence-corrected chi connectivity index (χ1v) is 12.9. The van der Waals surface area contributed by atoms with Gasteiger partial charge in [0.15, 0.2) is 0 Å². The third-order valence-corrected chi connectivity index (χ3v) is 8.12. The minimum Gasteiger partial charge on any atom is -0.385 e. The van der Waals surface area contributed by atoms with E-state index in [1.165, 1.54) is 17.0 Å². The van der Waals surface area contributed by atoms with Gasteiger partial charge in [0.1, 0.15) is 6.04 Å². The van der Waals surface area contributed by atoms with Crippen molar-refractivity contribution in [3.05, 3.63) is 76.9 Å². The molecule has 3 aromatic carbocycles. The molecule has 0 saturated carbocycles. The van der Waals surface area contributed by atoms with Crippen molar-refractivity contribution in [2.24, 2.45) is 0 Å². The van der Waals surface area contributed by atoms with Crippen LogP contribution in [0.3, 0.4) is 0 Å². The van der Waals surface area contributed by atoms with E-state index in [9.17, 15) is 32.7 Å². The maximum Gasteiger partial charge on any atom is 0.416 e. The molecular formula is C29H26F3N3O4. The zero-order valence-electron chi connectivity index (χ0n) is 20.9. The normalized spacial score (nSPS) is 21.5. The van der Waals surface area contributed by atoms with Crippen molar-refractivity contribution in [3.63, 3.8) is 0 Å². The third kappa shape index (κ3) is 4.37. The summed E-state index contributed by atoms with van der Waals surface area (Å²) in [4.78, 5) is 41.2. The number of aliphatic hydroxyl groups is 1. The molecule has 1 unspecified atom stereocenters. The van der Waals surface area contributed by atoms with E-state index >= 15 is 0 Å². The van der Waals surface area contributed by atoms with E-state index in [1.54, 1.807) is 24.3 Å². The number of imide groups is 1. The van der Waals surface area contributed by atoms with Crippen LogP contribution in [0.5, 0.6) is 0 Å². The number of carbonyl (C=O) groups is 3. The zero-order chi connectivity index (χ0) is 27.5. The molecule has 0 aliphatic carbocycles. The van der Waals surface area contributed by atoms with Crippen LogP contribution in [0.4, 0.5) is 18.9 Å². The number of hydrogen-bond donors (Lipinski definition) is 2. The number of hydrogen-bond acceptors (Lipinski definition) is 5. The number of benzene rings is 3. The molecule has 3 aromatic rings. The molecule has 0 bridgehead atoms. The third-order valence-electron chi connectivity index (χ3n) is 8.12. The van der Waals surface area contributed by atoms with Gasteiger partial charge in [-0.3, -0.25) is 29.5 Å². The van der Waals surface area contributed by atoms with Gasteiger partial charge in [-0.1, -0.05) is 30.3 Å².